The molecule has 38 heavy (non-hydrogen) atoms. The Labute approximate surface area is 222 Å². The highest BCUT2D eigenvalue weighted by Gasteiger charge is 2.35. The number of aryl methyl sites for hydroxylation is 5. The smallest absolute Gasteiger partial charge is 0.264 e. The van der Waals surface area contributed by atoms with Gasteiger partial charge in [0.2, 0.25) is 5.95 Å². The summed E-state index contributed by atoms with van der Waals surface area (Å²) in [6, 6.07) is 12.9. The van der Waals surface area contributed by atoms with E-state index in [1.807, 2.05) is 6.92 Å². The quantitative estimate of drug-likeness (QED) is 0.305. The summed E-state index contributed by atoms with van der Waals surface area (Å²) in [6.45, 7) is 8.91. The van der Waals surface area contributed by atoms with Crippen LogP contribution in [0.4, 0.5) is 5.95 Å². The third kappa shape index (κ3) is 3.64. The molecule has 0 saturated carbocycles. The van der Waals surface area contributed by atoms with E-state index in [1.54, 1.807) is 17.3 Å². The Hall–Kier alpha value is -4.26. The Morgan fingerprint density at radius 2 is 1.66 bits per heavy atom. The van der Waals surface area contributed by atoms with Gasteiger partial charge in [-0.2, -0.15) is 5.10 Å². The lowest BCUT2D eigenvalue weighted by Gasteiger charge is -2.25. The number of para-hydroxylation sites is 1. The SMILES string of the molecule is CCc1cccc(CC)c1-n1nc2c(c1-c1ccc(C)c3c1ccn3C)C(=O)N(c1ncc(C)cn1)CC2. The molecule has 1 aliphatic rings. The normalized spacial score (nSPS) is 13.4. The van der Waals surface area contributed by atoms with Gasteiger partial charge in [-0.1, -0.05) is 44.2 Å². The molecule has 0 spiro atoms. The van der Waals surface area contributed by atoms with Crippen molar-refractivity contribution in [2.45, 2.75) is 47.0 Å². The van der Waals surface area contributed by atoms with Crippen LogP contribution in [0.15, 0.2) is 55.0 Å². The van der Waals surface area contributed by atoms with E-state index in [9.17, 15) is 4.79 Å². The van der Waals surface area contributed by atoms with E-state index in [0.29, 0.717) is 24.5 Å². The van der Waals surface area contributed by atoms with E-state index in [2.05, 4.69) is 89.6 Å². The van der Waals surface area contributed by atoms with Gasteiger partial charge in [0.05, 0.1) is 28.2 Å². The van der Waals surface area contributed by atoms with Crippen molar-refractivity contribution in [2.75, 3.05) is 11.4 Å². The second-order valence-corrected chi connectivity index (χ2v) is 10.1. The summed E-state index contributed by atoms with van der Waals surface area (Å²) in [6.07, 6.45) is 7.98. The first-order valence-electron chi connectivity index (χ1n) is 13.3. The third-order valence-corrected chi connectivity index (χ3v) is 7.67. The predicted octanol–water partition coefficient (Wildman–Crippen LogP) is 5.77. The highest BCUT2D eigenvalue weighted by atomic mass is 16.2. The number of benzene rings is 2. The monoisotopic (exact) mass is 504 g/mol. The lowest BCUT2D eigenvalue weighted by molar-refractivity contribution is 0.0979. The van der Waals surface area contributed by atoms with Crippen LogP contribution in [0.2, 0.25) is 0 Å². The third-order valence-electron chi connectivity index (χ3n) is 7.67. The zero-order valence-corrected chi connectivity index (χ0v) is 22.6. The molecule has 2 aromatic carbocycles. The van der Waals surface area contributed by atoms with Crippen molar-refractivity contribution in [1.82, 2.24) is 24.3 Å². The molecule has 192 valence electrons. The highest BCUT2D eigenvalue weighted by molar-refractivity contribution is 6.13. The van der Waals surface area contributed by atoms with E-state index in [0.717, 1.165) is 51.9 Å². The summed E-state index contributed by atoms with van der Waals surface area (Å²) in [4.78, 5) is 24.9. The van der Waals surface area contributed by atoms with Gasteiger partial charge >= 0.3 is 0 Å². The lowest BCUT2D eigenvalue weighted by Crippen LogP contribution is -2.38. The highest BCUT2D eigenvalue weighted by Crippen LogP contribution is 2.39. The number of hydrogen-bond acceptors (Lipinski definition) is 4. The maximum atomic E-state index is 14.2. The fraction of sp³-hybridized carbons (Fsp3) is 0.290. The van der Waals surface area contributed by atoms with E-state index >= 15 is 0 Å². The minimum Gasteiger partial charge on any atom is -0.350 e. The summed E-state index contributed by atoms with van der Waals surface area (Å²) < 4.78 is 4.20. The molecule has 0 atom stereocenters. The molecule has 0 saturated heterocycles. The Morgan fingerprint density at radius 3 is 2.34 bits per heavy atom. The van der Waals surface area contributed by atoms with E-state index in [4.69, 9.17) is 5.10 Å². The molecule has 7 nitrogen and oxygen atoms in total. The average molecular weight is 505 g/mol. The van der Waals surface area contributed by atoms with Gasteiger partial charge in [-0.25, -0.2) is 14.6 Å². The summed E-state index contributed by atoms with van der Waals surface area (Å²) >= 11 is 0. The van der Waals surface area contributed by atoms with Crippen LogP contribution in [0.1, 0.15) is 52.2 Å². The number of amides is 1. The molecule has 1 amide bonds. The van der Waals surface area contributed by atoms with Gasteiger partial charge in [-0.05, 0) is 55.0 Å². The number of rotatable bonds is 5. The van der Waals surface area contributed by atoms with Crippen LogP contribution >= 0.6 is 0 Å². The van der Waals surface area contributed by atoms with Crippen LogP contribution in [0.3, 0.4) is 0 Å². The number of fused-ring (bicyclic) bond motifs is 2. The first-order valence-corrected chi connectivity index (χ1v) is 13.3. The summed E-state index contributed by atoms with van der Waals surface area (Å²) in [5.74, 6) is 0.329. The van der Waals surface area contributed by atoms with Crippen molar-refractivity contribution in [3.05, 3.63) is 88.5 Å². The number of nitrogens with zero attached hydrogens (tertiary/aromatic N) is 6. The molecule has 0 N–H and O–H groups in total. The fourth-order valence-corrected chi connectivity index (χ4v) is 5.75. The van der Waals surface area contributed by atoms with Crippen LogP contribution in [-0.2, 0) is 26.3 Å². The van der Waals surface area contributed by atoms with Crippen molar-refractivity contribution in [2.24, 2.45) is 7.05 Å². The molecule has 3 aromatic heterocycles. The minimum atomic E-state index is -0.104. The molecule has 0 aliphatic carbocycles. The molecule has 7 heteroatoms. The number of carbonyl (C=O) groups excluding carboxylic acids is 1. The van der Waals surface area contributed by atoms with Crippen molar-refractivity contribution >= 4 is 22.8 Å². The van der Waals surface area contributed by atoms with E-state index < -0.39 is 0 Å². The zero-order valence-electron chi connectivity index (χ0n) is 22.6. The summed E-state index contributed by atoms with van der Waals surface area (Å²) in [5, 5.41) is 6.28. The van der Waals surface area contributed by atoms with Crippen LogP contribution in [0.25, 0.3) is 27.8 Å². The van der Waals surface area contributed by atoms with Crippen molar-refractivity contribution in [3.63, 3.8) is 0 Å². The zero-order chi connectivity index (χ0) is 26.6. The van der Waals surface area contributed by atoms with Gasteiger partial charge in [-0.15, -0.1) is 0 Å². The van der Waals surface area contributed by atoms with Crippen molar-refractivity contribution in [3.8, 4) is 16.9 Å². The molecule has 1 aliphatic heterocycles. The first-order chi connectivity index (χ1) is 18.4. The van der Waals surface area contributed by atoms with Gasteiger partial charge in [-0.3, -0.25) is 9.69 Å². The lowest BCUT2D eigenvalue weighted by atomic mass is 9.96. The molecular weight excluding hydrogens is 472 g/mol. The molecule has 6 rings (SSSR count). The number of hydrogen-bond donors (Lipinski definition) is 0. The molecule has 0 unspecified atom stereocenters. The summed E-state index contributed by atoms with van der Waals surface area (Å²) in [7, 11) is 2.06. The Kier molecular flexibility index (Phi) is 5.86. The minimum absolute atomic E-state index is 0.104. The van der Waals surface area contributed by atoms with Gasteiger partial charge < -0.3 is 4.57 Å². The van der Waals surface area contributed by atoms with Gasteiger partial charge in [0, 0.05) is 49.6 Å². The molecule has 0 fully saturated rings. The largest absolute Gasteiger partial charge is 0.350 e. The predicted molar refractivity (Wildman–Crippen MR) is 151 cm³/mol. The first kappa shape index (κ1) is 24.1. The Bertz CT molecular complexity index is 1670. The van der Waals surface area contributed by atoms with Crippen LogP contribution < -0.4 is 4.90 Å². The Morgan fingerprint density at radius 1 is 0.947 bits per heavy atom. The van der Waals surface area contributed by atoms with Crippen LogP contribution in [0, 0.1) is 13.8 Å². The van der Waals surface area contributed by atoms with Crippen LogP contribution in [-0.4, -0.2) is 36.8 Å². The van der Waals surface area contributed by atoms with E-state index in [-0.39, 0.29) is 5.91 Å². The maximum Gasteiger partial charge on any atom is 0.264 e. The van der Waals surface area contributed by atoms with Gasteiger partial charge in [0.15, 0.2) is 0 Å². The summed E-state index contributed by atoms with van der Waals surface area (Å²) in [5.41, 5.74) is 10.1. The van der Waals surface area contributed by atoms with Crippen LogP contribution in [0.5, 0.6) is 0 Å². The number of aromatic nitrogens is 5. The van der Waals surface area contributed by atoms with Gasteiger partial charge in [0.25, 0.3) is 5.91 Å². The molecule has 4 heterocycles. The average Bonchev–Trinajstić information content (AvgIpc) is 3.51. The molecule has 5 aromatic rings. The fourth-order valence-electron chi connectivity index (χ4n) is 5.75. The van der Waals surface area contributed by atoms with Crippen molar-refractivity contribution in [1.29, 1.82) is 0 Å². The van der Waals surface area contributed by atoms with Gasteiger partial charge in [0.1, 0.15) is 0 Å². The Balaban J connectivity index is 1.67. The van der Waals surface area contributed by atoms with Crippen molar-refractivity contribution < 1.29 is 4.79 Å². The number of anilines is 1. The molecule has 0 radical (unpaired) electrons. The number of carbonyl (C=O) groups is 1. The van der Waals surface area contributed by atoms with E-state index in [1.165, 1.54) is 16.7 Å². The topological polar surface area (TPSA) is 68.8 Å². The second-order valence-electron chi connectivity index (χ2n) is 10.1. The maximum absolute atomic E-state index is 14.2. The molecule has 0 bridgehead atoms. The second kappa shape index (κ2) is 9.24. The molecular formula is C31H32N6O. The standard InChI is InChI=1S/C31H32N6O/c1-6-21-9-8-10-22(7-2)28(21)37-29(23-12-11-20(4)27-24(23)13-15-35(27)5)26-25(34-37)14-16-36(30(26)38)31-32-17-19(3)18-33-31/h8-13,15,17-18H,6-7,14,16H2,1-5H3.